The Bertz CT molecular complexity index is 457. The van der Waals surface area contributed by atoms with Gasteiger partial charge in [-0.05, 0) is 16.8 Å². The molecule has 0 bridgehead atoms. The van der Waals surface area contributed by atoms with E-state index in [-0.39, 0.29) is 5.76 Å². The normalized spacial score (nSPS) is 10.2. The third kappa shape index (κ3) is 1.41. The molecule has 0 spiro atoms. The third-order valence-corrected chi connectivity index (χ3v) is 2.07. The lowest BCUT2D eigenvalue weighted by molar-refractivity contribution is 0.390. The highest BCUT2D eigenvalue weighted by atomic mass is 16.3. The molecule has 13 heavy (non-hydrogen) atoms. The Balaban J connectivity index is 2.69. The summed E-state index contributed by atoms with van der Waals surface area (Å²) in [6.07, 6.45) is 0. The highest BCUT2D eigenvalue weighted by molar-refractivity contribution is 5.85. The lowest BCUT2D eigenvalue weighted by Crippen LogP contribution is -1.79. The Morgan fingerprint density at radius 1 is 1.00 bits per heavy atom. The van der Waals surface area contributed by atoms with Gasteiger partial charge in [0.1, 0.15) is 0 Å². The van der Waals surface area contributed by atoms with Crippen molar-refractivity contribution in [1.29, 1.82) is 0 Å². The number of rotatable bonds is 1. The molecule has 0 fully saturated rings. The van der Waals surface area contributed by atoms with Crippen LogP contribution in [0.5, 0.6) is 0 Å². The van der Waals surface area contributed by atoms with E-state index in [4.69, 9.17) is 0 Å². The fourth-order valence-corrected chi connectivity index (χ4v) is 1.36. The van der Waals surface area contributed by atoms with Crippen molar-refractivity contribution < 1.29 is 5.11 Å². The molecule has 0 heterocycles. The van der Waals surface area contributed by atoms with Crippen LogP contribution in [0.15, 0.2) is 49.0 Å². The molecule has 63 valence electrons. The molecule has 0 aliphatic carbocycles. The van der Waals surface area contributed by atoms with Crippen LogP contribution in [0.3, 0.4) is 0 Å². The summed E-state index contributed by atoms with van der Waals surface area (Å²) in [5, 5.41) is 13.2. The Morgan fingerprint density at radius 3 is 2.38 bits per heavy atom. The Morgan fingerprint density at radius 2 is 1.69 bits per heavy atom. The summed E-state index contributed by atoms with van der Waals surface area (Å²) in [5.41, 5.74) is 0.665. The van der Waals surface area contributed by atoms with E-state index >= 15 is 0 Å². The van der Waals surface area contributed by atoms with E-state index in [1.54, 1.807) is 6.07 Å². The highest BCUT2D eigenvalue weighted by Crippen LogP contribution is 2.18. The second-order valence-corrected chi connectivity index (χ2v) is 2.99. The van der Waals surface area contributed by atoms with E-state index < -0.39 is 0 Å². The molecule has 0 aliphatic rings. The minimum absolute atomic E-state index is 0.134. The number of hydrogen-bond acceptors (Lipinski definition) is 0. The molecule has 0 aromatic heterocycles. The fraction of sp³-hybridized carbons (Fsp3) is 0. The molecule has 0 atom stereocenters. The van der Waals surface area contributed by atoms with Gasteiger partial charge in [-0.25, -0.2) is 0 Å². The zero-order chi connectivity index (χ0) is 9.26. The first-order chi connectivity index (χ1) is 6.27. The van der Waals surface area contributed by atoms with Crippen molar-refractivity contribution in [3.8, 4) is 0 Å². The van der Waals surface area contributed by atoms with Crippen LogP contribution in [-0.4, -0.2) is 0 Å². The van der Waals surface area contributed by atoms with Crippen molar-refractivity contribution >= 4 is 16.5 Å². The first kappa shape index (κ1) is 7.87. The van der Waals surface area contributed by atoms with Crippen LogP contribution in [0, 0.1) is 0 Å². The van der Waals surface area contributed by atoms with E-state index in [2.05, 4.69) is 6.58 Å². The SMILES string of the molecule is C=C([O])c1ccc2ccccc2c1. The maximum atomic E-state index is 11.0. The van der Waals surface area contributed by atoms with Gasteiger partial charge in [0.25, 0.3) is 0 Å². The second kappa shape index (κ2) is 2.94. The van der Waals surface area contributed by atoms with E-state index in [9.17, 15) is 5.11 Å². The summed E-state index contributed by atoms with van der Waals surface area (Å²) in [7, 11) is 0. The van der Waals surface area contributed by atoms with Crippen LogP contribution in [0.25, 0.3) is 16.5 Å². The summed E-state index contributed by atoms with van der Waals surface area (Å²) in [6, 6.07) is 13.6. The summed E-state index contributed by atoms with van der Waals surface area (Å²) >= 11 is 0. The van der Waals surface area contributed by atoms with Crippen molar-refractivity contribution in [3.05, 3.63) is 54.6 Å². The fourth-order valence-electron chi connectivity index (χ4n) is 1.36. The van der Waals surface area contributed by atoms with Crippen molar-refractivity contribution in [2.75, 3.05) is 0 Å². The third-order valence-electron chi connectivity index (χ3n) is 2.07. The van der Waals surface area contributed by atoms with Gasteiger partial charge in [0.05, 0.1) is 0 Å². The van der Waals surface area contributed by atoms with Crippen molar-refractivity contribution in [3.63, 3.8) is 0 Å². The Kier molecular flexibility index (Phi) is 1.78. The van der Waals surface area contributed by atoms with Crippen molar-refractivity contribution in [1.82, 2.24) is 0 Å². The molecule has 0 N–H and O–H groups in total. The monoisotopic (exact) mass is 169 g/mol. The number of hydrogen-bond donors (Lipinski definition) is 0. The molecule has 0 saturated carbocycles. The molecule has 2 aromatic carbocycles. The molecule has 0 saturated heterocycles. The van der Waals surface area contributed by atoms with Crippen molar-refractivity contribution in [2.24, 2.45) is 0 Å². The maximum absolute atomic E-state index is 11.0. The number of benzene rings is 2. The zero-order valence-electron chi connectivity index (χ0n) is 7.16. The van der Waals surface area contributed by atoms with Crippen LogP contribution in [0.2, 0.25) is 0 Å². The molecule has 0 amide bonds. The van der Waals surface area contributed by atoms with Crippen LogP contribution in [0.1, 0.15) is 5.56 Å². The average molecular weight is 169 g/mol. The predicted molar refractivity (Wildman–Crippen MR) is 53.7 cm³/mol. The lowest BCUT2D eigenvalue weighted by Gasteiger charge is -1.99. The first-order valence-electron chi connectivity index (χ1n) is 4.12. The molecule has 0 unspecified atom stereocenters. The topological polar surface area (TPSA) is 19.9 Å². The molecule has 0 aliphatic heterocycles. The van der Waals surface area contributed by atoms with Gasteiger partial charge in [0.2, 0.25) is 0 Å². The van der Waals surface area contributed by atoms with E-state index in [1.807, 2.05) is 36.4 Å². The molecular formula is C12H9O. The molecule has 2 aromatic rings. The van der Waals surface area contributed by atoms with Gasteiger partial charge in [0.15, 0.2) is 5.76 Å². The maximum Gasteiger partial charge on any atom is 0.178 e. The van der Waals surface area contributed by atoms with Crippen molar-refractivity contribution in [2.45, 2.75) is 0 Å². The van der Waals surface area contributed by atoms with Crippen LogP contribution >= 0.6 is 0 Å². The largest absolute Gasteiger partial charge is 0.290 e. The summed E-state index contributed by atoms with van der Waals surface area (Å²) in [6.45, 7) is 3.38. The zero-order valence-corrected chi connectivity index (χ0v) is 7.16. The van der Waals surface area contributed by atoms with Gasteiger partial charge in [-0.15, -0.1) is 0 Å². The Hall–Kier alpha value is -1.76. The Labute approximate surface area is 76.9 Å². The lowest BCUT2D eigenvalue weighted by atomic mass is 10.1. The predicted octanol–water partition coefficient (Wildman–Crippen LogP) is 3.24. The molecular weight excluding hydrogens is 160 g/mol. The summed E-state index contributed by atoms with van der Waals surface area (Å²) < 4.78 is 0. The van der Waals surface area contributed by atoms with Crippen LogP contribution in [0.4, 0.5) is 0 Å². The molecule has 1 heteroatoms. The molecule has 2 rings (SSSR count). The van der Waals surface area contributed by atoms with E-state index in [0.29, 0.717) is 5.56 Å². The highest BCUT2D eigenvalue weighted by Gasteiger charge is 1.98. The second-order valence-electron chi connectivity index (χ2n) is 2.99. The quantitative estimate of drug-likeness (QED) is 0.584. The first-order valence-corrected chi connectivity index (χ1v) is 4.12. The number of fused-ring (bicyclic) bond motifs is 1. The smallest absolute Gasteiger partial charge is 0.178 e. The minimum atomic E-state index is -0.134. The van der Waals surface area contributed by atoms with Crippen LogP contribution < -0.4 is 0 Å². The van der Waals surface area contributed by atoms with Gasteiger partial charge in [-0.3, -0.25) is 5.11 Å². The van der Waals surface area contributed by atoms with E-state index in [0.717, 1.165) is 10.8 Å². The van der Waals surface area contributed by atoms with Gasteiger partial charge in [0, 0.05) is 5.56 Å². The minimum Gasteiger partial charge on any atom is -0.290 e. The average Bonchev–Trinajstić information content (AvgIpc) is 2.17. The van der Waals surface area contributed by atoms with Gasteiger partial charge >= 0.3 is 0 Å². The summed E-state index contributed by atoms with van der Waals surface area (Å²) in [5.74, 6) is -0.134. The molecule has 1 radical (unpaired) electrons. The van der Waals surface area contributed by atoms with Gasteiger partial charge < -0.3 is 0 Å². The standard InChI is InChI=1S/C12H9O/c1-9(13)11-7-6-10-4-2-3-5-12(10)8-11/h2-8H,1H2. The summed E-state index contributed by atoms with van der Waals surface area (Å²) in [4.78, 5) is 0. The molecule has 1 nitrogen and oxygen atoms in total. The van der Waals surface area contributed by atoms with Crippen LogP contribution in [-0.2, 0) is 5.11 Å². The van der Waals surface area contributed by atoms with Gasteiger partial charge in [-0.1, -0.05) is 43.0 Å². The van der Waals surface area contributed by atoms with Gasteiger partial charge in [-0.2, -0.15) is 0 Å². The van der Waals surface area contributed by atoms with E-state index in [1.165, 1.54) is 0 Å².